The van der Waals surface area contributed by atoms with E-state index in [4.69, 9.17) is 13.8 Å². The SMILES string of the molecule is CC/C=C\C/C=C\C/C=C\C/C=C\C/C=C\CCCCCC(=O)OC(/C=C\CCCCCCCCCCC)C(COP(=O)([O-])OCC[N+](C)(C)C)NC(=O)CCCCCCCCCCCCCCC/C=C\C/C=C\CCCCC. The van der Waals surface area contributed by atoms with Crippen LogP contribution in [0.5, 0.6) is 0 Å². The number of ether oxygens (including phenoxy) is 1. The molecule has 79 heavy (non-hydrogen) atoms. The summed E-state index contributed by atoms with van der Waals surface area (Å²) in [5, 5.41) is 3.02. The van der Waals surface area contributed by atoms with Crippen LogP contribution in [0.15, 0.2) is 97.2 Å². The first-order valence-corrected chi connectivity index (χ1v) is 34.0. The van der Waals surface area contributed by atoms with Crippen molar-refractivity contribution in [1.82, 2.24) is 5.32 Å². The number of nitrogens with zero attached hydrogens (tertiary/aromatic N) is 1. The Morgan fingerprint density at radius 3 is 1.25 bits per heavy atom. The third-order valence-electron chi connectivity index (χ3n) is 14.0. The smallest absolute Gasteiger partial charge is 0.306 e. The Labute approximate surface area is 488 Å². The van der Waals surface area contributed by atoms with Crippen LogP contribution in [-0.2, 0) is 27.9 Å². The van der Waals surface area contributed by atoms with Gasteiger partial charge in [-0.25, -0.2) is 0 Å². The van der Waals surface area contributed by atoms with Gasteiger partial charge in [0.15, 0.2) is 0 Å². The summed E-state index contributed by atoms with van der Waals surface area (Å²) < 4.78 is 30.3. The molecule has 1 N–H and O–H groups in total. The Morgan fingerprint density at radius 2 is 0.810 bits per heavy atom. The second-order valence-corrected chi connectivity index (χ2v) is 24.3. The standard InChI is InChI=1S/C69H123N2O7P/c1-7-10-13-16-19-22-25-27-29-31-33-34-35-36-38-39-41-43-46-49-52-55-58-61-68(72)70-66(65-77-79(74,75)76-64-63-71(4,5)6)67(60-57-54-51-48-45-24-21-18-15-12-9-3)78-69(73)62-59-56-53-50-47-44-42-40-37-32-30-28-26-23-20-17-14-11-8-2/h11,14,19-20,22-23,27-30,37,40,44,47,57,60,66-67H,7-10,12-13,15-18,21,24-26,31-36,38-39,41-43,45-46,48-56,58-59,61-65H2,1-6H3,(H-,70,72,74,75)/b14-11-,22-19-,23-20-,29-27-,30-28-,40-37-,47-44-,60-57-. The first-order valence-electron chi connectivity index (χ1n) is 32.5. The Morgan fingerprint density at radius 1 is 0.456 bits per heavy atom. The second-order valence-electron chi connectivity index (χ2n) is 22.9. The summed E-state index contributed by atoms with van der Waals surface area (Å²) in [5.74, 6) is -0.580. The molecule has 0 aromatic carbocycles. The highest BCUT2D eigenvalue weighted by Gasteiger charge is 2.27. The fraction of sp³-hybridized carbons (Fsp3) is 0.739. The van der Waals surface area contributed by atoms with E-state index in [1.807, 2.05) is 33.3 Å². The minimum Gasteiger partial charge on any atom is -0.756 e. The quantitative estimate of drug-likeness (QED) is 0.0212. The molecule has 0 aromatic rings. The lowest BCUT2D eigenvalue weighted by atomic mass is 10.0. The Balaban J connectivity index is 5.18. The van der Waals surface area contributed by atoms with Crippen LogP contribution in [-0.4, -0.2) is 69.4 Å². The molecule has 0 bridgehead atoms. The van der Waals surface area contributed by atoms with Crippen LogP contribution in [0.1, 0.15) is 278 Å². The van der Waals surface area contributed by atoms with Crippen LogP contribution in [0.4, 0.5) is 0 Å². The van der Waals surface area contributed by atoms with Crippen molar-refractivity contribution in [2.24, 2.45) is 0 Å². The topological polar surface area (TPSA) is 114 Å². The second kappa shape index (κ2) is 58.1. The number of rotatable bonds is 58. The number of hydrogen-bond donors (Lipinski definition) is 1. The minimum absolute atomic E-state index is 0.0318. The lowest BCUT2D eigenvalue weighted by molar-refractivity contribution is -0.870. The van der Waals surface area contributed by atoms with E-state index in [0.29, 0.717) is 23.9 Å². The molecule has 0 saturated heterocycles. The number of amides is 1. The highest BCUT2D eigenvalue weighted by Crippen LogP contribution is 2.38. The van der Waals surface area contributed by atoms with E-state index in [-0.39, 0.29) is 24.9 Å². The first kappa shape index (κ1) is 75.9. The predicted molar refractivity (Wildman–Crippen MR) is 339 cm³/mol. The number of carbonyl (C=O) groups excluding carboxylic acids is 2. The van der Waals surface area contributed by atoms with Gasteiger partial charge in [-0.15, -0.1) is 0 Å². The number of likely N-dealkylation sites (N-methyl/N-ethyl adjacent to an activating group) is 1. The molecule has 0 aromatic heterocycles. The van der Waals surface area contributed by atoms with E-state index in [2.05, 4.69) is 111 Å². The van der Waals surface area contributed by atoms with Gasteiger partial charge in [-0.3, -0.25) is 14.2 Å². The molecule has 0 aliphatic rings. The van der Waals surface area contributed by atoms with Crippen molar-refractivity contribution in [3.63, 3.8) is 0 Å². The molecule has 0 aliphatic heterocycles. The maximum atomic E-state index is 13.6. The average molecular weight is 1120 g/mol. The Bertz CT molecular complexity index is 1670. The molecule has 10 heteroatoms. The van der Waals surface area contributed by atoms with Crippen molar-refractivity contribution in [2.45, 2.75) is 290 Å². The van der Waals surface area contributed by atoms with Gasteiger partial charge in [0, 0.05) is 12.8 Å². The molecule has 1 amide bonds. The van der Waals surface area contributed by atoms with E-state index >= 15 is 0 Å². The summed E-state index contributed by atoms with van der Waals surface area (Å²) in [4.78, 5) is 40.0. The summed E-state index contributed by atoms with van der Waals surface area (Å²) in [5.41, 5.74) is 0. The molecular formula is C69H123N2O7P. The van der Waals surface area contributed by atoms with Gasteiger partial charge in [0.05, 0.1) is 33.8 Å². The monoisotopic (exact) mass is 1120 g/mol. The maximum Gasteiger partial charge on any atom is 0.306 e. The summed E-state index contributed by atoms with van der Waals surface area (Å²) in [7, 11) is 1.16. The minimum atomic E-state index is -4.71. The molecule has 0 rings (SSSR count). The number of quaternary nitrogens is 1. The third-order valence-corrected chi connectivity index (χ3v) is 15.0. The van der Waals surface area contributed by atoms with E-state index < -0.39 is 26.6 Å². The van der Waals surface area contributed by atoms with Gasteiger partial charge >= 0.3 is 5.97 Å². The first-order chi connectivity index (χ1) is 38.4. The number of unbranched alkanes of at least 4 members (excludes halogenated alkanes) is 28. The molecule has 0 spiro atoms. The van der Waals surface area contributed by atoms with Crippen LogP contribution in [0.2, 0.25) is 0 Å². The third kappa shape index (κ3) is 59.4. The highest BCUT2D eigenvalue weighted by molar-refractivity contribution is 7.45. The molecule has 0 saturated carbocycles. The number of allylic oxidation sites excluding steroid dienone is 15. The van der Waals surface area contributed by atoms with Crippen LogP contribution < -0.4 is 10.2 Å². The lowest BCUT2D eigenvalue weighted by Crippen LogP contribution is -2.47. The molecule has 0 aliphatic carbocycles. The van der Waals surface area contributed by atoms with Gasteiger partial charge in [-0.2, -0.15) is 0 Å². The van der Waals surface area contributed by atoms with E-state index in [0.717, 1.165) is 103 Å². The lowest BCUT2D eigenvalue weighted by Gasteiger charge is -2.30. The number of nitrogens with one attached hydrogen (secondary N) is 1. The summed E-state index contributed by atoms with van der Waals surface area (Å²) >= 11 is 0. The summed E-state index contributed by atoms with van der Waals surface area (Å²) in [6.07, 6.45) is 78.1. The maximum absolute atomic E-state index is 13.6. The normalized spacial score (nSPS) is 14.3. The van der Waals surface area contributed by atoms with Gasteiger partial charge in [0.2, 0.25) is 5.91 Å². The Kier molecular flexibility index (Phi) is 55.9. The molecule has 456 valence electrons. The molecule has 0 heterocycles. The number of phosphoric acid groups is 1. The van der Waals surface area contributed by atoms with Crippen molar-refractivity contribution >= 4 is 19.7 Å². The predicted octanol–water partition coefficient (Wildman–Crippen LogP) is 19.7. The number of esters is 1. The largest absolute Gasteiger partial charge is 0.756 e. The van der Waals surface area contributed by atoms with Crippen LogP contribution >= 0.6 is 7.82 Å². The highest BCUT2D eigenvalue weighted by atomic mass is 31.2. The molecule has 0 radical (unpaired) electrons. The van der Waals surface area contributed by atoms with Crippen molar-refractivity contribution < 1.29 is 37.3 Å². The zero-order valence-electron chi connectivity index (χ0n) is 52.1. The average Bonchev–Trinajstić information content (AvgIpc) is 3.41. The zero-order valence-corrected chi connectivity index (χ0v) is 52.9. The van der Waals surface area contributed by atoms with Crippen molar-refractivity contribution in [1.29, 1.82) is 0 Å². The number of carbonyl (C=O) groups is 2. The van der Waals surface area contributed by atoms with Crippen molar-refractivity contribution in [2.75, 3.05) is 40.9 Å². The molecule has 0 fully saturated rings. The zero-order chi connectivity index (χ0) is 57.9. The van der Waals surface area contributed by atoms with Gasteiger partial charge in [-0.1, -0.05) is 253 Å². The fourth-order valence-electron chi connectivity index (χ4n) is 8.99. The van der Waals surface area contributed by atoms with Crippen molar-refractivity contribution in [3.8, 4) is 0 Å². The molecular weight excluding hydrogens is 1000 g/mol. The van der Waals surface area contributed by atoms with E-state index in [1.165, 1.54) is 135 Å². The van der Waals surface area contributed by atoms with Crippen LogP contribution in [0.25, 0.3) is 0 Å². The molecule has 9 nitrogen and oxygen atoms in total. The van der Waals surface area contributed by atoms with E-state index in [1.54, 1.807) is 0 Å². The van der Waals surface area contributed by atoms with Gasteiger partial charge in [0.1, 0.15) is 19.3 Å². The van der Waals surface area contributed by atoms with Crippen LogP contribution in [0.3, 0.4) is 0 Å². The van der Waals surface area contributed by atoms with Gasteiger partial charge in [-0.05, 0) is 109 Å². The van der Waals surface area contributed by atoms with Crippen LogP contribution in [0, 0.1) is 0 Å². The summed E-state index contributed by atoms with van der Waals surface area (Å²) in [6, 6.07) is -0.907. The van der Waals surface area contributed by atoms with E-state index in [9.17, 15) is 19.0 Å². The Hall–Kier alpha value is -3.07. The van der Waals surface area contributed by atoms with Gasteiger partial charge < -0.3 is 28.5 Å². The summed E-state index contributed by atoms with van der Waals surface area (Å²) in [6.45, 7) is 6.68. The number of hydrogen-bond acceptors (Lipinski definition) is 7. The fourth-order valence-corrected chi connectivity index (χ4v) is 9.71. The number of phosphoric ester groups is 1. The molecule has 3 atom stereocenters. The molecule has 3 unspecified atom stereocenters. The van der Waals surface area contributed by atoms with Gasteiger partial charge in [0.25, 0.3) is 7.82 Å². The van der Waals surface area contributed by atoms with Crippen molar-refractivity contribution in [3.05, 3.63) is 97.2 Å².